The molecule has 0 radical (unpaired) electrons. The van der Waals surface area contributed by atoms with Crippen molar-refractivity contribution >= 4 is 35.1 Å². The standard InChI is InChI=1S/C22H27N3O2S2/c26-22(17-8-10-25(11-9-17)19-15-28-12-13-29-16-19)24-18-6-7-21(23-14-18)27-20-4-2-1-3-5-20/h1-7,14,17,19H,8-13,15-16H2,(H,24,26). The molecule has 29 heavy (non-hydrogen) atoms. The second-order valence-electron chi connectivity index (χ2n) is 7.40. The van der Waals surface area contributed by atoms with Crippen LogP contribution in [0, 0.1) is 5.92 Å². The van der Waals surface area contributed by atoms with Crippen molar-refractivity contribution in [1.29, 1.82) is 0 Å². The van der Waals surface area contributed by atoms with Gasteiger partial charge in [0.2, 0.25) is 11.8 Å². The highest BCUT2D eigenvalue weighted by atomic mass is 32.2. The summed E-state index contributed by atoms with van der Waals surface area (Å²) in [7, 11) is 0. The second kappa shape index (κ2) is 10.4. The molecule has 0 spiro atoms. The molecule has 0 atom stereocenters. The molecule has 3 heterocycles. The van der Waals surface area contributed by atoms with E-state index in [1.165, 1.54) is 23.0 Å². The number of anilines is 1. The second-order valence-corrected chi connectivity index (χ2v) is 9.70. The van der Waals surface area contributed by atoms with Gasteiger partial charge in [-0.25, -0.2) is 4.98 Å². The SMILES string of the molecule is O=C(Nc1ccc(Oc2ccccc2)nc1)C1CCN(C2CSCCSC2)CC1. The number of hydrogen-bond acceptors (Lipinski definition) is 6. The zero-order chi connectivity index (χ0) is 19.9. The van der Waals surface area contributed by atoms with Gasteiger partial charge in [-0.15, -0.1) is 0 Å². The molecule has 2 aliphatic rings. The van der Waals surface area contributed by atoms with Gasteiger partial charge in [0.25, 0.3) is 0 Å². The van der Waals surface area contributed by atoms with Gasteiger partial charge in [0.1, 0.15) is 5.75 Å². The van der Waals surface area contributed by atoms with E-state index in [1.54, 1.807) is 12.3 Å². The number of carbonyl (C=O) groups is 1. The van der Waals surface area contributed by atoms with Gasteiger partial charge in [-0.2, -0.15) is 23.5 Å². The van der Waals surface area contributed by atoms with Gasteiger partial charge in [0, 0.05) is 41.0 Å². The summed E-state index contributed by atoms with van der Waals surface area (Å²) >= 11 is 4.14. The first-order valence-corrected chi connectivity index (χ1v) is 12.5. The summed E-state index contributed by atoms with van der Waals surface area (Å²) in [6, 6.07) is 13.8. The molecule has 1 aromatic heterocycles. The summed E-state index contributed by atoms with van der Waals surface area (Å²) in [4.78, 5) is 19.6. The number of thioether (sulfide) groups is 2. The number of aromatic nitrogens is 1. The van der Waals surface area contributed by atoms with Crippen molar-refractivity contribution in [2.24, 2.45) is 5.92 Å². The number of benzene rings is 1. The van der Waals surface area contributed by atoms with Crippen LogP contribution in [0.3, 0.4) is 0 Å². The molecule has 7 heteroatoms. The third-order valence-electron chi connectivity index (χ3n) is 5.38. The maximum atomic E-state index is 12.7. The van der Waals surface area contributed by atoms with Crippen molar-refractivity contribution in [2.75, 3.05) is 41.4 Å². The molecule has 0 aliphatic carbocycles. The number of pyridine rings is 1. The topological polar surface area (TPSA) is 54.5 Å². The van der Waals surface area contributed by atoms with Crippen LogP contribution in [0.4, 0.5) is 5.69 Å². The number of amides is 1. The number of ether oxygens (including phenoxy) is 1. The van der Waals surface area contributed by atoms with E-state index in [4.69, 9.17) is 4.74 Å². The highest BCUT2D eigenvalue weighted by molar-refractivity contribution is 8.03. The van der Waals surface area contributed by atoms with Crippen LogP contribution in [0.15, 0.2) is 48.7 Å². The Morgan fingerprint density at radius 2 is 1.76 bits per heavy atom. The lowest BCUT2D eigenvalue weighted by Crippen LogP contribution is -2.45. The molecule has 2 aromatic rings. The summed E-state index contributed by atoms with van der Waals surface area (Å²) in [5.74, 6) is 6.44. The molecule has 1 N–H and O–H groups in total. The molecule has 1 amide bonds. The summed E-state index contributed by atoms with van der Waals surface area (Å²) < 4.78 is 5.70. The lowest BCUT2D eigenvalue weighted by Gasteiger charge is -2.36. The van der Waals surface area contributed by atoms with Crippen LogP contribution in [0.25, 0.3) is 0 Å². The monoisotopic (exact) mass is 429 g/mol. The molecule has 5 nitrogen and oxygen atoms in total. The van der Waals surface area contributed by atoms with E-state index in [2.05, 4.69) is 38.7 Å². The molecule has 2 fully saturated rings. The van der Waals surface area contributed by atoms with Crippen molar-refractivity contribution in [1.82, 2.24) is 9.88 Å². The first-order chi connectivity index (χ1) is 14.3. The Balaban J connectivity index is 1.25. The molecule has 154 valence electrons. The van der Waals surface area contributed by atoms with Gasteiger partial charge in [0.15, 0.2) is 0 Å². The largest absolute Gasteiger partial charge is 0.439 e. The fraction of sp³-hybridized carbons (Fsp3) is 0.455. The zero-order valence-corrected chi connectivity index (χ0v) is 18.1. The van der Waals surface area contributed by atoms with E-state index < -0.39 is 0 Å². The average Bonchev–Trinajstić information content (AvgIpc) is 3.06. The van der Waals surface area contributed by atoms with Crippen LogP contribution < -0.4 is 10.1 Å². The van der Waals surface area contributed by atoms with E-state index >= 15 is 0 Å². The van der Waals surface area contributed by atoms with Gasteiger partial charge in [-0.1, -0.05) is 18.2 Å². The Hall–Kier alpha value is -1.70. The molecule has 0 unspecified atom stereocenters. The Bertz CT molecular complexity index is 772. The van der Waals surface area contributed by atoms with Crippen molar-refractivity contribution < 1.29 is 9.53 Å². The molecule has 0 bridgehead atoms. The first-order valence-electron chi connectivity index (χ1n) is 10.2. The molecule has 2 aliphatic heterocycles. The minimum atomic E-state index is 0.0811. The van der Waals surface area contributed by atoms with E-state index in [1.807, 2.05) is 36.4 Å². The zero-order valence-electron chi connectivity index (χ0n) is 16.5. The van der Waals surface area contributed by atoms with Crippen LogP contribution in [-0.2, 0) is 4.79 Å². The summed E-state index contributed by atoms with van der Waals surface area (Å²) in [6.07, 6.45) is 3.52. The van der Waals surface area contributed by atoms with E-state index in [0.717, 1.165) is 37.4 Å². The lowest BCUT2D eigenvalue weighted by molar-refractivity contribution is -0.121. The minimum Gasteiger partial charge on any atom is -0.439 e. The summed E-state index contributed by atoms with van der Waals surface area (Å²) in [5, 5.41) is 3.02. The van der Waals surface area contributed by atoms with E-state index in [0.29, 0.717) is 11.9 Å². The maximum absolute atomic E-state index is 12.7. The predicted octanol–water partition coefficient (Wildman–Crippen LogP) is 4.37. The highest BCUT2D eigenvalue weighted by Crippen LogP contribution is 2.26. The third-order valence-corrected chi connectivity index (χ3v) is 7.86. The number of para-hydroxylation sites is 1. The summed E-state index contributed by atoms with van der Waals surface area (Å²) in [5.41, 5.74) is 0.717. The fourth-order valence-corrected chi connectivity index (χ4v) is 6.34. The Morgan fingerprint density at radius 1 is 1.03 bits per heavy atom. The van der Waals surface area contributed by atoms with Gasteiger partial charge >= 0.3 is 0 Å². The molecule has 1 aromatic carbocycles. The van der Waals surface area contributed by atoms with Crippen LogP contribution in [0.1, 0.15) is 12.8 Å². The van der Waals surface area contributed by atoms with Crippen LogP contribution in [0.5, 0.6) is 11.6 Å². The van der Waals surface area contributed by atoms with Gasteiger partial charge in [-0.3, -0.25) is 9.69 Å². The summed E-state index contributed by atoms with van der Waals surface area (Å²) in [6.45, 7) is 2.04. The van der Waals surface area contributed by atoms with Crippen LogP contribution in [0.2, 0.25) is 0 Å². The lowest BCUT2D eigenvalue weighted by atomic mass is 9.95. The number of likely N-dealkylation sites (tertiary alicyclic amines) is 1. The minimum absolute atomic E-state index is 0.0811. The van der Waals surface area contributed by atoms with Gasteiger partial charge in [-0.05, 0) is 44.1 Å². The number of rotatable bonds is 5. The van der Waals surface area contributed by atoms with Gasteiger partial charge in [0.05, 0.1) is 11.9 Å². The molecule has 0 saturated carbocycles. The number of carbonyl (C=O) groups excluding carboxylic acids is 1. The molecular weight excluding hydrogens is 402 g/mol. The average molecular weight is 430 g/mol. The van der Waals surface area contributed by atoms with E-state index in [-0.39, 0.29) is 11.8 Å². The smallest absolute Gasteiger partial charge is 0.227 e. The van der Waals surface area contributed by atoms with Crippen LogP contribution in [-0.4, -0.2) is 57.9 Å². The molecular formula is C22H27N3O2S2. The van der Waals surface area contributed by atoms with E-state index in [9.17, 15) is 4.79 Å². The number of nitrogens with one attached hydrogen (secondary N) is 1. The fourth-order valence-electron chi connectivity index (χ4n) is 3.71. The number of nitrogens with zero attached hydrogens (tertiary/aromatic N) is 2. The van der Waals surface area contributed by atoms with Crippen LogP contribution >= 0.6 is 23.5 Å². The quantitative estimate of drug-likeness (QED) is 0.762. The number of hydrogen-bond donors (Lipinski definition) is 1. The van der Waals surface area contributed by atoms with Gasteiger partial charge < -0.3 is 10.1 Å². The Kier molecular flexibility index (Phi) is 7.35. The third kappa shape index (κ3) is 5.90. The normalized spacial score (nSPS) is 19.4. The van der Waals surface area contributed by atoms with Crippen molar-refractivity contribution in [2.45, 2.75) is 18.9 Å². The Labute approximate surface area is 181 Å². The van der Waals surface area contributed by atoms with Crippen molar-refractivity contribution in [3.8, 4) is 11.6 Å². The molecule has 2 saturated heterocycles. The molecule has 4 rings (SSSR count). The number of piperidine rings is 1. The van der Waals surface area contributed by atoms with Crippen molar-refractivity contribution in [3.05, 3.63) is 48.7 Å². The van der Waals surface area contributed by atoms with Crippen molar-refractivity contribution in [3.63, 3.8) is 0 Å². The predicted molar refractivity (Wildman–Crippen MR) is 122 cm³/mol. The highest BCUT2D eigenvalue weighted by Gasteiger charge is 2.29. The first kappa shape index (κ1) is 20.6. The Morgan fingerprint density at radius 3 is 2.41 bits per heavy atom. The maximum Gasteiger partial charge on any atom is 0.227 e.